The van der Waals surface area contributed by atoms with Crippen LogP contribution in [0.5, 0.6) is 0 Å². The Morgan fingerprint density at radius 3 is 2.50 bits per heavy atom. The third kappa shape index (κ3) is 5.31. The van der Waals surface area contributed by atoms with Crippen molar-refractivity contribution in [3.8, 4) is 0 Å². The van der Waals surface area contributed by atoms with E-state index < -0.39 is 11.6 Å². The number of ether oxygens (including phenoxy) is 2. The van der Waals surface area contributed by atoms with E-state index in [2.05, 4.69) is 5.32 Å². The molecule has 1 rings (SSSR count). The molecule has 0 bridgehead atoms. The van der Waals surface area contributed by atoms with Crippen LogP contribution in [-0.2, 0) is 19.8 Å². The molecule has 1 aromatic rings. The summed E-state index contributed by atoms with van der Waals surface area (Å²) in [5.74, 6) is -0.115. The zero-order valence-corrected chi connectivity index (χ0v) is 12.8. The molecule has 0 spiro atoms. The topological polar surface area (TPSA) is 47.6 Å². The zero-order chi connectivity index (χ0) is 15.0. The molecular weight excluding hydrogens is 254 g/mol. The maximum atomic E-state index is 12.1. The third-order valence-electron chi connectivity index (χ3n) is 3.10. The van der Waals surface area contributed by atoms with Crippen molar-refractivity contribution in [3.63, 3.8) is 0 Å². The van der Waals surface area contributed by atoms with Crippen LogP contribution in [0.1, 0.15) is 33.3 Å². The average molecular weight is 279 g/mol. The van der Waals surface area contributed by atoms with Gasteiger partial charge in [-0.3, -0.25) is 4.79 Å². The van der Waals surface area contributed by atoms with Crippen LogP contribution in [0.4, 0.5) is 0 Å². The van der Waals surface area contributed by atoms with E-state index in [0.717, 1.165) is 5.56 Å². The van der Waals surface area contributed by atoms with E-state index in [0.29, 0.717) is 19.8 Å². The molecule has 0 aliphatic carbocycles. The highest BCUT2D eigenvalue weighted by atomic mass is 16.5. The number of hydrogen-bond donors (Lipinski definition) is 1. The lowest BCUT2D eigenvalue weighted by molar-refractivity contribution is -0.134. The van der Waals surface area contributed by atoms with Crippen LogP contribution in [0.25, 0.3) is 0 Å². The van der Waals surface area contributed by atoms with Crippen LogP contribution in [0.3, 0.4) is 0 Å². The van der Waals surface area contributed by atoms with Crippen molar-refractivity contribution in [3.05, 3.63) is 35.9 Å². The van der Waals surface area contributed by atoms with Gasteiger partial charge in [-0.1, -0.05) is 30.3 Å². The van der Waals surface area contributed by atoms with Crippen LogP contribution in [0.15, 0.2) is 30.3 Å². The predicted molar refractivity (Wildman–Crippen MR) is 79.5 cm³/mol. The minimum atomic E-state index is -0.488. The Labute approximate surface area is 121 Å². The van der Waals surface area contributed by atoms with Gasteiger partial charge in [0, 0.05) is 6.61 Å². The zero-order valence-electron chi connectivity index (χ0n) is 12.8. The standard InChI is InChI=1S/C16H25NO3/c1-5-19-11-12-20-13(2)15(18)17-16(3,4)14-9-7-6-8-10-14/h6-10,13H,5,11-12H2,1-4H3,(H,17,18). The maximum Gasteiger partial charge on any atom is 0.249 e. The fourth-order valence-electron chi connectivity index (χ4n) is 1.84. The summed E-state index contributed by atoms with van der Waals surface area (Å²) < 4.78 is 10.6. The molecule has 1 N–H and O–H groups in total. The summed E-state index contributed by atoms with van der Waals surface area (Å²) in [7, 11) is 0. The van der Waals surface area contributed by atoms with E-state index >= 15 is 0 Å². The average Bonchev–Trinajstić information content (AvgIpc) is 2.44. The molecule has 1 unspecified atom stereocenters. The summed E-state index contributed by atoms with van der Waals surface area (Å²) in [6.07, 6.45) is -0.488. The summed E-state index contributed by atoms with van der Waals surface area (Å²) >= 11 is 0. The summed E-state index contributed by atoms with van der Waals surface area (Å²) in [5, 5.41) is 3.01. The molecule has 1 atom stereocenters. The van der Waals surface area contributed by atoms with Gasteiger partial charge in [0.15, 0.2) is 0 Å². The second kappa shape index (κ2) is 8.02. The highest BCUT2D eigenvalue weighted by Gasteiger charge is 2.25. The van der Waals surface area contributed by atoms with Crippen molar-refractivity contribution in [2.75, 3.05) is 19.8 Å². The highest BCUT2D eigenvalue weighted by Crippen LogP contribution is 2.19. The summed E-state index contributed by atoms with van der Waals surface area (Å²) in [5.41, 5.74) is 0.644. The molecule has 0 aliphatic rings. The van der Waals surface area contributed by atoms with Crippen LogP contribution >= 0.6 is 0 Å². The Kier molecular flexibility index (Phi) is 6.68. The normalized spacial score (nSPS) is 13.0. The van der Waals surface area contributed by atoms with Crippen molar-refractivity contribution in [1.82, 2.24) is 5.32 Å². The van der Waals surface area contributed by atoms with Gasteiger partial charge in [0.2, 0.25) is 5.91 Å². The van der Waals surface area contributed by atoms with Crippen LogP contribution < -0.4 is 5.32 Å². The van der Waals surface area contributed by atoms with Crippen molar-refractivity contribution >= 4 is 5.91 Å². The fourth-order valence-corrected chi connectivity index (χ4v) is 1.84. The van der Waals surface area contributed by atoms with Gasteiger partial charge < -0.3 is 14.8 Å². The number of amides is 1. The van der Waals surface area contributed by atoms with Gasteiger partial charge in [-0.15, -0.1) is 0 Å². The molecule has 0 radical (unpaired) electrons. The second-order valence-electron chi connectivity index (χ2n) is 5.19. The first-order valence-electron chi connectivity index (χ1n) is 7.04. The largest absolute Gasteiger partial charge is 0.379 e. The molecule has 0 saturated heterocycles. The minimum Gasteiger partial charge on any atom is -0.379 e. The number of carbonyl (C=O) groups is 1. The molecule has 0 saturated carbocycles. The number of carbonyl (C=O) groups excluding carboxylic acids is 1. The summed E-state index contributed by atoms with van der Waals surface area (Å²) in [4.78, 5) is 12.1. The Balaban J connectivity index is 2.48. The Morgan fingerprint density at radius 1 is 1.25 bits per heavy atom. The lowest BCUT2D eigenvalue weighted by Gasteiger charge is -2.28. The van der Waals surface area contributed by atoms with Crippen molar-refractivity contribution in [2.45, 2.75) is 39.3 Å². The van der Waals surface area contributed by atoms with E-state index in [-0.39, 0.29) is 5.91 Å². The Morgan fingerprint density at radius 2 is 1.90 bits per heavy atom. The van der Waals surface area contributed by atoms with Crippen molar-refractivity contribution in [2.24, 2.45) is 0 Å². The molecule has 0 aromatic heterocycles. The quantitative estimate of drug-likeness (QED) is 0.744. The first-order chi connectivity index (χ1) is 9.47. The van der Waals surface area contributed by atoms with Crippen LogP contribution in [0.2, 0.25) is 0 Å². The Hall–Kier alpha value is -1.39. The summed E-state index contributed by atoms with van der Waals surface area (Å²) in [6, 6.07) is 9.89. The third-order valence-corrected chi connectivity index (χ3v) is 3.10. The van der Waals surface area contributed by atoms with Gasteiger partial charge in [-0.05, 0) is 33.3 Å². The van der Waals surface area contributed by atoms with Gasteiger partial charge in [0.25, 0.3) is 0 Å². The molecule has 20 heavy (non-hydrogen) atoms. The predicted octanol–water partition coefficient (Wildman–Crippen LogP) is 2.48. The van der Waals surface area contributed by atoms with E-state index in [4.69, 9.17) is 9.47 Å². The first kappa shape index (κ1) is 16.7. The minimum absolute atomic E-state index is 0.115. The number of hydrogen-bond acceptors (Lipinski definition) is 3. The number of rotatable bonds is 8. The van der Waals surface area contributed by atoms with Gasteiger partial charge >= 0.3 is 0 Å². The monoisotopic (exact) mass is 279 g/mol. The molecular formula is C16H25NO3. The smallest absolute Gasteiger partial charge is 0.249 e. The van der Waals surface area contributed by atoms with E-state index in [1.165, 1.54) is 0 Å². The van der Waals surface area contributed by atoms with Gasteiger partial charge in [0.05, 0.1) is 18.8 Å². The van der Waals surface area contributed by atoms with Gasteiger partial charge in [0.1, 0.15) is 6.10 Å². The molecule has 0 fully saturated rings. The maximum absolute atomic E-state index is 12.1. The molecule has 0 heterocycles. The van der Waals surface area contributed by atoms with E-state index in [9.17, 15) is 4.79 Å². The molecule has 112 valence electrons. The molecule has 1 aromatic carbocycles. The molecule has 1 amide bonds. The molecule has 4 nitrogen and oxygen atoms in total. The first-order valence-corrected chi connectivity index (χ1v) is 7.04. The number of nitrogens with one attached hydrogen (secondary N) is 1. The fraction of sp³-hybridized carbons (Fsp3) is 0.562. The van der Waals surface area contributed by atoms with E-state index in [1.807, 2.05) is 51.1 Å². The van der Waals surface area contributed by atoms with Crippen molar-refractivity contribution < 1.29 is 14.3 Å². The SMILES string of the molecule is CCOCCOC(C)C(=O)NC(C)(C)c1ccccc1. The molecule has 4 heteroatoms. The Bertz CT molecular complexity index is 403. The lowest BCUT2D eigenvalue weighted by atomic mass is 9.94. The molecule has 0 aliphatic heterocycles. The van der Waals surface area contributed by atoms with Gasteiger partial charge in [-0.25, -0.2) is 0 Å². The van der Waals surface area contributed by atoms with Gasteiger partial charge in [-0.2, -0.15) is 0 Å². The van der Waals surface area contributed by atoms with Crippen molar-refractivity contribution in [1.29, 1.82) is 0 Å². The highest BCUT2D eigenvalue weighted by molar-refractivity contribution is 5.81. The van der Waals surface area contributed by atoms with E-state index in [1.54, 1.807) is 6.92 Å². The second-order valence-corrected chi connectivity index (χ2v) is 5.19. The van der Waals surface area contributed by atoms with Crippen LogP contribution in [-0.4, -0.2) is 31.8 Å². The summed E-state index contributed by atoms with van der Waals surface area (Å²) in [6.45, 7) is 9.23. The van der Waals surface area contributed by atoms with Crippen LogP contribution in [0, 0.1) is 0 Å². The lowest BCUT2D eigenvalue weighted by Crippen LogP contribution is -2.46. The number of benzene rings is 1.